The summed E-state index contributed by atoms with van der Waals surface area (Å²) >= 11 is 1.67. The fraction of sp³-hybridized carbons (Fsp3) is 0. The van der Waals surface area contributed by atoms with E-state index in [2.05, 4.69) is 58.4 Å². The van der Waals surface area contributed by atoms with E-state index >= 15 is 0 Å². The second-order valence-corrected chi connectivity index (χ2v) is 13.9. The van der Waals surface area contributed by atoms with Crippen molar-refractivity contribution in [1.29, 1.82) is 0 Å². The number of fused-ring (bicyclic) bond motifs is 10. The molecule has 2 aliphatic heterocycles. The number of furan rings is 1. The summed E-state index contributed by atoms with van der Waals surface area (Å²) in [6.07, 6.45) is 3.60. The zero-order valence-electron chi connectivity index (χ0n) is 27.0. The van der Waals surface area contributed by atoms with Gasteiger partial charge >= 0.3 is 0 Å². The molecule has 9 heteroatoms. The summed E-state index contributed by atoms with van der Waals surface area (Å²) in [5.74, 6) is 2.48. The number of pyridine rings is 1. The monoisotopic (exact) mass is 690 g/mol. The first-order valence-corrected chi connectivity index (χ1v) is 17.6. The summed E-state index contributed by atoms with van der Waals surface area (Å²) < 4.78 is 26.1. The fourth-order valence-electron chi connectivity index (χ4n) is 7.41. The number of nitrogens with zero attached hydrogens (tertiary/aromatic N) is 4. The molecule has 0 saturated heterocycles. The van der Waals surface area contributed by atoms with Gasteiger partial charge in [-0.3, -0.25) is 4.98 Å². The normalized spacial score (nSPS) is 13.0. The van der Waals surface area contributed by atoms with E-state index in [0.29, 0.717) is 28.9 Å². The minimum Gasteiger partial charge on any atom is -0.452 e. The number of benzene rings is 6. The number of rotatable bonds is 3. The SMILES string of the molecule is c1ccc2oc(-c3ccc4c(c3)N3c5ccc6c(oc7cc(-c8ccncc8)ccc76)c5Oc5ccc(-c6nc7ccccc7o6)c(c53)S4)nc2c1. The predicted octanol–water partition coefficient (Wildman–Crippen LogP) is 12.3. The van der Waals surface area contributed by atoms with Gasteiger partial charge in [0.2, 0.25) is 11.8 Å². The molecule has 10 aromatic rings. The Morgan fingerprint density at radius 1 is 0.558 bits per heavy atom. The van der Waals surface area contributed by atoms with E-state index in [9.17, 15) is 0 Å². The number of para-hydroxylation sites is 4. The Balaban J connectivity index is 1.08. The standard InChI is InChI=1S/C43H22N4O4S/c1-3-7-33-29(5-1)45-42(50-33)25-10-16-37-32(21-25)47-31-14-12-27-26-11-9-24(23-17-19-44-20-18-23)22-36(26)49-39(27)40(31)48-35-15-13-28(41(52-37)38(35)47)43-46-30-6-2-4-8-34(30)51-43/h1-22H. The van der Waals surface area contributed by atoms with Gasteiger partial charge < -0.3 is 22.9 Å². The van der Waals surface area contributed by atoms with Crippen LogP contribution in [0, 0.1) is 0 Å². The van der Waals surface area contributed by atoms with Gasteiger partial charge in [-0.05, 0) is 102 Å². The van der Waals surface area contributed by atoms with Crippen molar-refractivity contribution in [2.75, 3.05) is 4.90 Å². The lowest BCUT2D eigenvalue weighted by Gasteiger charge is -2.38. The van der Waals surface area contributed by atoms with Crippen molar-refractivity contribution in [1.82, 2.24) is 15.0 Å². The van der Waals surface area contributed by atoms with Crippen molar-refractivity contribution in [3.05, 3.63) is 134 Å². The molecule has 0 N–H and O–H groups in total. The van der Waals surface area contributed by atoms with Crippen molar-refractivity contribution in [2.24, 2.45) is 0 Å². The first-order valence-electron chi connectivity index (χ1n) is 16.8. The topological polar surface area (TPSA) is 90.6 Å². The molecule has 0 atom stereocenters. The second-order valence-electron chi connectivity index (χ2n) is 12.8. The van der Waals surface area contributed by atoms with Gasteiger partial charge in [0.05, 0.1) is 21.8 Å². The van der Waals surface area contributed by atoms with E-state index in [-0.39, 0.29) is 0 Å². The van der Waals surface area contributed by atoms with Gasteiger partial charge in [-0.1, -0.05) is 42.1 Å². The van der Waals surface area contributed by atoms with E-state index in [1.165, 1.54) is 0 Å². The average Bonchev–Trinajstić information content (AvgIpc) is 3.93. The summed E-state index contributed by atoms with van der Waals surface area (Å²) in [5.41, 5.74) is 11.2. The van der Waals surface area contributed by atoms with Crippen LogP contribution in [0.25, 0.3) is 78.2 Å². The van der Waals surface area contributed by atoms with Crippen LogP contribution in [-0.4, -0.2) is 15.0 Å². The molecule has 4 aromatic heterocycles. The molecule has 0 radical (unpaired) electrons. The van der Waals surface area contributed by atoms with E-state index < -0.39 is 0 Å². The predicted molar refractivity (Wildman–Crippen MR) is 202 cm³/mol. The van der Waals surface area contributed by atoms with Crippen LogP contribution in [-0.2, 0) is 0 Å². The maximum Gasteiger partial charge on any atom is 0.228 e. The third-order valence-corrected chi connectivity index (χ3v) is 11.0. The van der Waals surface area contributed by atoms with Gasteiger partial charge in [-0.25, -0.2) is 9.97 Å². The molecule has 2 aliphatic rings. The molecule has 0 saturated carbocycles. The zero-order valence-corrected chi connectivity index (χ0v) is 27.8. The lowest BCUT2D eigenvalue weighted by molar-refractivity contribution is 0.469. The Morgan fingerprint density at radius 2 is 1.31 bits per heavy atom. The summed E-state index contributed by atoms with van der Waals surface area (Å²) in [5, 5.41) is 2.00. The van der Waals surface area contributed by atoms with Gasteiger partial charge in [0.15, 0.2) is 28.2 Å². The molecule has 12 rings (SSSR count). The van der Waals surface area contributed by atoms with Crippen LogP contribution < -0.4 is 9.64 Å². The highest BCUT2D eigenvalue weighted by atomic mass is 32.2. The quantitative estimate of drug-likeness (QED) is 0.180. The van der Waals surface area contributed by atoms with Gasteiger partial charge in [-0.15, -0.1) is 0 Å². The molecule has 0 aliphatic carbocycles. The molecule has 6 heterocycles. The highest BCUT2D eigenvalue weighted by molar-refractivity contribution is 8.00. The maximum atomic E-state index is 6.86. The lowest BCUT2D eigenvalue weighted by atomic mass is 10.0. The van der Waals surface area contributed by atoms with Crippen LogP contribution in [0.1, 0.15) is 0 Å². The van der Waals surface area contributed by atoms with E-state index in [1.54, 1.807) is 24.2 Å². The summed E-state index contributed by atoms with van der Waals surface area (Å²) in [7, 11) is 0. The molecule has 244 valence electrons. The maximum absolute atomic E-state index is 6.86. The number of anilines is 3. The molecule has 0 fully saturated rings. The number of hydrogen-bond acceptors (Lipinski definition) is 9. The van der Waals surface area contributed by atoms with Gasteiger partial charge in [0, 0.05) is 33.6 Å². The van der Waals surface area contributed by atoms with Crippen LogP contribution >= 0.6 is 11.8 Å². The van der Waals surface area contributed by atoms with Crippen LogP contribution in [0.2, 0.25) is 0 Å². The van der Waals surface area contributed by atoms with E-state index in [4.69, 9.17) is 28.0 Å². The molecule has 52 heavy (non-hydrogen) atoms. The van der Waals surface area contributed by atoms with E-state index in [0.717, 1.165) is 87.7 Å². The molecule has 0 bridgehead atoms. The molecule has 8 nitrogen and oxygen atoms in total. The Bertz CT molecular complexity index is 3040. The molecular formula is C43H22N4O4S. The minimum absolute atomic E-state index is 0.557. The lowest BCUT2D eigenvalue weighted by Crippen LogP contribution is -2.20. The molecule has 6 aromatic carbocycles. The number of aromatic nitrogens is 3. The van der Waals surface area contributed by atoms with Gasteiger partial charge in [-0.2, -0.15) is 0 Å². The highest BCUT2D eigenvalue weighted by Crippen LogP contribution is 2.63. The molecule has 0 amide bonds. The van der Waals surface area contributed by atoms with Crippen LogP contribution in [0.5, 0.6) is 11.5 Å². The third kappa shape index (κ3) is 3.96. The smallest absolute Gasteiger partial charge is 0.228 e. The van der Waals surface area contributed by atoms with Crippen molar-refractivity contribution >= 4 is 73.0 Å². The van der Waals surface area contributed by atoms with Gasteiger partial charge in [0.25, 0.3) is 0 Å². The van der Waals surface area contributed by atoms with Crippen LogP contribution in [0.4, 0.5) is 17.1 Å². The second kappa shape index (κ2) is 10.3. The Morgan fingerprint density at radius 3 is 2.13 bits per heavy atom. The molecule has 0 spiro atoms. The van der Waals surface area contributed by atoms with Crippen molar-refractivity contribution in [3.8, 4) is 45.5 Å². The summed E-state index contributed by atoms with van der Waals surface area (Å²) in [6, 6.07) is 40.6. The number of ether oxygens (including phenoxy) is 1. The zero-order chi connectivity index (χ0) is 33.9. The Kier molecular flexibility index (Phi) is 5.56. The minimum atomic E-state index is 0.557. The van der Waals surface area contributed by atoms with Crippen LogP contribution in [0.15, 0.2) is 157 Å². The van der Waals surface area contributed by atoms with Crippen molar-refractivity contribution in [3.63, 3.8) is 0 Å². The Labute approximate surface area is 298 Å². The third-order valence-electron chi connectivity index (χ3n) is 9.84. The molecule has 0 unspecified atom stereocenters. The van der Waals surface area contributed by atoms with Crippen molar-refractivity contribution < 1.29 is 18.0 Å². The summed E-state index contributed by atoms with van der Waals surface area (Å²) in [6.45, 7) is 0. The van der Waals surface area contributed by atoms with Gasteiger partial charge in [0.1, 0.15) is 22.3 Å². The largest absolute Gasteiger partial charge is 0.452 e. The molecular weight excluding hydrogens is 669 g/mol. The fourth-order valence-corrected chi connectivity index (χ4v) is 8.57. The van der Waals surface area contributed by atoms with Crippen molar-refractivity contribution in [2.45, 2.75) is 9.79 Å². The Hall–Kier alpha value is -6.84. The highest BCUT2D eigenvalue weighted by Gasteiger charge is 2.38. The number of oxazole rings is 2. The first-order chi connectivity index (χ1) is 25.7. The number of hydrogen-bond donors (Lipinski definition) is 0. The van der Waals surface area contributed by atoms with E-state index in [1.807, 2.05) is 72.8 Å². The summed E-state index contributed by atoms with van der Waals surface area (Å²) in [4.78, 5) is 18.2. The first kappa shape index (κ1) is 27.9. The average molecular weight is 691 g/mol. The van der Waals surface area contributed by atoms with Crippen LogP contribution in [0.3, 0.4) is 0 Å².